The molecule has 0 heterocycles. The highest BCUT2D eigenvalue weighted by Gasteiger charge is 2.46. The Morgan fingerprint density at radius 2 is 1.75 bits per heavy atom. The molecular weight excluding hydrogens is 220 g/mol. The van der Waals surface area contributed by atoms with Gasteiger partial charge >= 0.3 is 0 Å². The lowest BCUT2D eigenvalue weighted by Crippen LogP contribution is -2.27. The second-order valence-corrected chi connectivity index (χ2v) is 7.24. The maximum Gasteiger partial charge on any atom is 0.181 e. The predicted octanol–water partition coefficient (Wildman–Crippen LogP) is 2.65. The molecule has 16 heavy (non-hydrogen) atoms. The Hall–Kier alpha value is -0.830. The number of rotatable bonds is 2. The molecule has 2 nitrogen and oxygen atoms in total. The van der Waals surface area contributed by atoms with Crippen LogP contribution in [0.2, 0.25) is 0 Å². The topological polar surface area (TPSA) is 34.1 Å². The van der Waals surface area contributed by atoms with E-state index >= 15 is 0 Å². The number of benzene rings is 1. The third kappa shape index (κ3) is 1.49. The van der Waals surface area contributed by atoms with Crippen LogP contribution in [-0.2, 0) is 9.84 Å². The standard InChI is InChI=1S/C13H16O2S/c14-16(15,12-4-2-1-3-5-12)13-9-10-6-7-11(13)8-10/h1-5,10-11,13H,6-9H2/t10-,11+,13+/m1/s1. The predicted molar refractivity (Wildman–Crippen MR) is 62.9 cm³/mol. The molecule has 2 saturated carbocycles. The summed E-state index contributed by atoms with van der Waals surface area (Å²) in [7, 11) is -3.07. The SMILES string of the molecule is O=S(=O)(c1ccccc1)[C@H]1C[C@@H]2CC[C@H]1C2. The van der Waals surface area contributed by atoms with E-state index in [9.17, 15) is 8.42 Å². The Morgan fingerprint density at radius 3 is 2.31 bits per heavy atom. The zero-order chi connectivity index (χ0) is 11.2. The first-order valence-corrected chi connectivity index (χ1v) is 7.51. The van der Waals surface area contributed by atoms with E-state index in [0.717, 1.165) is 19.3 Å². The second kappa shape index (κ2) is 3.59. The fraction of sp³-hybridized carbons (Fsp3) is 0.538. The second-order valence-electron chi connectivity index (χ2n) is 5.07. The lowest BCUT2D eigenvalue weighted by atomic mass is 10.0. The minimum Gasteiger partial charge on any atom is -0.223 e. The summed E-state index contributed by atoms with van der Waals surface area (Å²) in [6.07, 6.45) is 4.38. The van der Waals surface area contributed by atoms with Crippen molar-refractivity contribution in [3.8, 4) is 0 Å². The normalized spacial score (nSPS) is 33.1. The Morgan fingerprint density at radius 1 is 1.00 bits per heavy atom. The maximum absolute atomic E-state index is 12.4. The monoisotopic (exact) mass is 236 g/mol. The third-order valence-corrected chi connectivity index (χ3v) is 6.45. The van der Waals surface area contributed by atoms with Gasteiger partial charge in [-0.3, -0.25) is 0 Å². The highest BCUT2D eigenvalue weighted by atomic mass is 32.2. The van der Waals surface area contributed by atoms with Gasteiger partial charge in [0.05, 0.1) is 10.1 Å². The fourth-order valence-corrected chi connectivity index (χ4v) is 5.52. The summed E-state index contributed by atoms with van der Waals surface area (Å²) in [5.74, 6) is 1.10. The molecule has 2 bridgehead atoms. The minimum absolute atomic E-state index is 0.103. The minimum atomic E-state index is -3.07. The highest BCUT2D eigenvalue weighted by molar-refractivity contribution is 7.92. The molecule has 0 N–H and O–H groups in total. The smallest absolute Gasteiger partial charge is 0.181 e. The molecule has 0 aliphatic heterocycles. The van der Waals surface area contributed by atoms with Crippen molar-refractivity contribution in [2.75, 3.05) is 0 Å². The molecule has 3 atom stereocenters. The molecule has 0 spiro atoms. The van der Waals surface area contributed by atoms with Crippen molar-refractivity contribution in [3.63, 3.8) is 0 Å². The van der Waals surface area contributed by atoms with E-state index in [4.69, 9.17) is 0 Å². The fourth-order valence-electron chi connectivity index (χ4n) is 3.35. The van der Waals surface area contributed by atoms with Crippen LogP contribution in [-0.4, -0.2) is 13.7 Å². The van der Waals surface area contributed by atoms with Gasteiger partial charge in [-0.05, 0) is 43.2 Å². The summed E-state index contributed by atoms with van der Waals surface area (Å²) < 4.78 is 24.8. The molecule has 0 saturated heterocycles. The molecule has 1 aromatic carbocycles. The number of hydrogen-bond acceptors (Lipinski definition) is 2. The van der Waals surface area contributed by atoms with Gasteiger partial charge in [0.25, 0.3) is 0 Å². The van der Waals surface area contributed by atoms with Gasteiger partial charge in [0.1, 0.15) is 0 Å². The summed E-state index contributed by atoms with van der Waals surface area (Å²) in [4.78, 5) is 0.507. The number of hydrogen-bond donors (Lipinski definition) is 0. The van der Waals surface area contributed by atoms with Gasteiger partial charge in [-0.2, -0.15) is 0 Å². The van der Waals surface area contributed by atoms with Crippen LogP contribution in [0.15, 0.2) is 35.2 Å². The van der Waals surface area contributed by atoms with Crippen molar-refractivity contribution in [2.45, 2.75) is 35.8 Å². The third-order valence-electron chi connectivity index (χ3n) is 4.14. The summed E-state index contributed by atoms with van der Waals surface area (Å²) >= 11 is 0. The van der Waals surface area contributed by atoms with Crippen molar-refractivity contribution in [3.05, 3.63) is 30.3 Å². The first kappa shape index (κ1) is 10.3. The van der Waals surface area contributed by atoms with Crippen molar-refractivity contribution >= 4 is 9.84 Å². The van der Waals surface area contributed by atoms with E-state index in [-0.39, 0.29) is 5.25 Å². The summed E-state index contributed by atoms with van der Waals surface area (Å²) in [6.45, 7) is 0. The molecule has 2 aliphatic rings. The molecule has 0 unspecified atom stereocenters. The zero-order valence-electron chi connectivity index (χ0n) is 9.17. The van der Waals surface area contributed by atoms with Crippen LogP contribution >= 0.6 is 0 Å². The average molecular weight is 236 g/mol. The molecule has 86 valence electrons. The first-order chi connectivity index (χ1) is 7.68. The Labute approximate surface area is 96.6 Å². The van der Waals surface area contributed by atoms with Gasteiger partial charge in [-0.25, -0.2) is 8.42 Å². The van der Waals surface area contributed by atoms with Crippen LogP contribution in [0.4, 0.5) is 0 Å². The molecule has 2 aliphatic carbocycles. The van der Waals surface area contributed by atoms with Crippen molar-refractivity contribution in [2.24, 2.45) is 11.8 Å². The van der Waals surface area contributed by atoms with Gasteiger partial charge in [0.2, 0.25) is 0 Å². The zero-order valence-corrected chi connectivity index (χ0v) is 9.99. The number of sulfone groups is 1. The van der Waals surface area contributed by atoms with Gasteiger partial charge in [0.15, 0.2) is 9.84 Å². The quantitative estimate of drug-likeness (QED) is 0.791. The van der Waals surface area contributed by atoms with E-state index in [1.165, 1.54) is 6.42 Å². The Balaban J connectivity index is 1.95. The molecule has 0 aromatic heterocycles. The van der Waals surface area contributed by atoms with E-state index < -0.39 is 9.84 Å². The van der Waals surface area contributed by atoms with Crippen LogP contribution < -0.4 is 0 Å². The van der Waals surface area contributed by atoms with E-state index in [1.807, 2.05) is 6.07 Å². The number of fused-ring (bicyclic) bond motifs is 2. The molecule has 3 rings (SSSR count). The van der Waals surface area contributed by atoms with Crippen LogP contribution in [0.5, 0.6) is 0 Å². The Kier molecular flexibility index (Phi) is 2.32. The van der Waals surface area contributed by atoms with E-state index in [1.54, 1.807) is 24.3 Å². The van der Waals surface area contributed by atoms with Gasteiger partial charge in [-0.1, -0.05) is 24.6 Å². The van der Waals surface area contributed by atoms with Gasteiger partial charge < -0.3 is 0 Å². The maximum atomic E-state index is 12.4. The van der Waals surface area contributed by atoms with Gasteiger partial charge in [0, 0.05) is 0 Å². The van der Waals surface area contributed by atoms with Crippen LogP contribution in [0, 0.1) is 11.8 Å². The van der Waals surface area contributed by atoms with Gasteiger partial charge in [-0.15, -0.1) is 0 Å². The molecule has 2 fully saturated rings. The summed E-state index contributed by atoms with van der Waals surface area (Å²) in [6, 6.07) is 8.92. The van der Waals surface area contributed by atoms with E-state index in [2.05, 4.69) is 0 Å². The molecule has 0 radical (unpaired) electrons. The van der Waals surface area contributed by atoms with Crippen LogP contribution in [0.3, 0.4) is 0 Å². The molecular formula is C13H16O2S. The highest BCUT2D eigenvalue weighted by Crippen LogP contribution is 2.48. The Bertz CT molecular complexity index is 478. The molecule has 1 aromatic rings. The summed E-state index contributed by atoms with van der Waals surface area (Å²) in [5.41, 5.74) is 0. The largest absolute Gasteiger partial charge is 0.223 e. The lowest BCUT2D eigenvalue weighted by Gasteiger charge is -2.21. The average Bonchev–Trinajstić information content (AvgIpc) is 2.92. The van der Waals surface area contributed by atoms with Crippen LogP contribution in [0.1, 0.15) is 25.7 Å². The summed E-state index contributed by atoms with van der Waals surface area (Å²) in [5, 5.41) is -0.103. The van der Waals surface area contributed by atoms with Crippen molar-refractivity contribution in [1.29, 1.82) is 0 Å². The van der Waals surface area contributed by atoms with E-state index in [0.29, 0.717) is 16.7 Å². The van der Waals surface area contributed by atoms with Crippen LogP contribution in [0.25, 0.3) is 0 Å². The first-order valence-electron chi connectivity index (χ1n) is 5.97. The molecule has 0 amide bonds. The van der Waals surface area contributed by atoms with Crippen molar-refractivity contribution < 1.29 is 8.42 Å². The van der Waals surface area contributed by atoms with Crippen molar-refractivity contribution in [1.82, 2.24) is 0 Å². The molecule has 3 heteroatoms. The lowest BCUT2D eigenvalue weighted by molar-refractivity contribution is 0.465.